The third-order valence-corrected chi connectivity index (χ3v) is 2.09. The van der Waals surface area contributed by atoms with E-state index in [1.165, 1.54) is 0 Å². The molecule has 0 spiro atoms. The standard InChI is InChI=1S/C11H8O3.Cs/c12-11(14-13)10-7-3-5-8-4-1-2-6-9(8)10;/h1-7,13H;. The van der Waals surface area contributed by atoms with Gasteiger partial charge in [-0.25, -0.2) is 4.79 Å². The molecule has 2 aromatic carbocycles. The second-order valence-corrected chi connectivity index (χ2v) is 2.91. The van der Waals surface area contributed by atoms with E-state index in [1.54, 1.807) is 12.1 Å². The van der Waals surface area contributed by atoms with Crippen molar-refractivity contribution in [1.82, 2.24) is 0 Å². The fraction of sp³-hybridized carbons (Fsp3) is 0. The molecule has 0 unspecified atom stereocenters. The second-order valence-electron chi connectivity index (χ2n) is 2.91. The second kappa shape index (κ2) is 6.05. The fourth-order valence-electron chi connectivity index (χ4n) is 1.45. The number of fused-ring (bicyclic) bond motifs is 1. The van der Waals surface area contributed by atoms with Crippen LogP contribution in [0.3, 0.4) is 0 Å². The van der Waals surface area contributed by atoms with E-state index in [1.807, 2.05) is 30.3 Å². The van der Waals surface area contributed by atoms with E-state index in [-0.39, 0.29) is 68.9 Å². The molecule has 0 aromatic heterocycles. The van der Waals surface area contributed by atoms with Crippen molar-refractivity contribution in [2.75, 3.05) is 0 Å². The first-order chi connectivity index (χ1) is 6.83. The minimum Gasteiger partial charge on any atom is -0.295 e. The summed E-state index contributed by atoms with van der Waals surface area (Å²) in [5, 5.41) is 10.0. The molecule has 3 nitrogen and oxygen atoms in total. The monoisotopic (exact) mass is 321 g/mol. The van der Waals surface area contributed by atoms with Crippen molar-refractivity contribution in [3.05, 3.63) is 48.0 Å². The van der Waals surface area contributed by atoms with Gasteiger partial charge in [0.15, 0.2) is 0 Å². The average molecular weight is 321 g/mol. The molecule has 4 heteroatoms. The molecule has 0 aliphatic heterocycles. The average Bonchev–Trinajstić information content (AvgIpc) is 2.27. The summed E-state index contributed by atoms with van der Waals surface area (Å²) in [6, 6.07) is 12.7. The van der Waals surface area contributed by atoms with Crippen LogP contribution < -0.4 is 0 Å². The molecule has 71 valence electrons. The first kappa shape index (κ1) is 13.2. The van der Waals surface area contributed by atoms with Gasteiger partial charge >= 0.3 is 5.97 Å². The van der Waals surface area contributed by atoms with Gasteiger partial charge in [0.25, 0.3) is 0 Å². The van der Waals surface area contributed by atoms with Crippen molar-refractivity contribution in [3.63, 3.8) is 0 Å². The van der Waals surface area contributed by atoms with Crippen LogP contribution in [0.25, 0.3) is 10.8 Å². The summed E-state index contributed by atoms with van der Waals surface area (Å²) in [4.78, 5) is 14.9. The van der Waals surface area contributed by atoms with Crippen molar-refractivity contribution in [3.8, 4) is 0 Å². The predicted octanol–water partition coefficient (Wildman–Crippen LogP) is 2.09. The van der Waals surface area contributed by atoms with Crippen LogP contribution in [0.4, 0.5) is 0 Å². The molecule has 0 atom stereocenters. The van der Waals surface area contributed by atoms with Gasteiger partial charge in [-0.1, -0.05) is 36.4 Å². The summed E-state index contributed by atoms with van der Waals surface area (Å²) in [7, 11) is 0. The maximum absolute atomic E-state index is 11.2. The van der Waals surface area contributed by atoms with Gasteiger partial charge < -0.3 is 0 Å². The third kappa shape index (κ3) is 2.85. The molecule has 2 aromatic rings. The van der Waals surface area contributed by atoms with Gasteiger partial charge in [-0.05, 0) is 16.8 Å². The van der Waals surface area contributed by atoms with Crippen molar-refractivity contribution in [1.29, 1.82) is 0 Å². The zero-order valence-electron chi connectivity index (χ0n) is 8.31. The summed E-state index contributed by atoms with van der Waals surface area (Å²) < 4.78 is 0. The van der Waals surface area contributed by atoms with Crippen LogP contribution >= 0.6 is 0 Å². The smallest absolute Gasteiger partial charge is 0.295 e. The Kier molecular flexibility index (Phi) is 5.34. The van der Waals surface area contributed by atoms with E-state index in [2.05, 4.69) is 4.89 Å². The summed E-state index contributed by atoms with van der Waals surface area (Å²) in [5.41, 5.74) is 0.366. The zero-order valence-corrected chi connectivity index (χ0v) is 14.6. The Balaban J connectivity index is 0.00000112. The van der Waals surface area contributed by atoms with E-state index in [0.717, 1.165) is 10.8 Å². The minimum absolute atomic E-state index is 0. The van der Waals surface area contributed by atoms with E-state index >= 15 is 0 Å². The molecular weight excluding hydrogens is 313 g/mol. The maximum atomic E-state index is 11.2. The Morgan fingerprint density at radius 2 is 1.73 bits per heavy atom. The number of hydrogen-bond acceptors (Lipinski definition) is 3. The fourth-order valence-corrected chi connectivity index (χ4v) is 1.45. The van der Waals surface area contributed by atoms with Gasteiger partial charge in [-0.15, -0.1) is 0 Å². The molecule has 0 aliphatic carbocycles. The number of hydrogen-bond donors (Lipinski definition) is 1. The normalized spacial score (nSPS) is 9.40. The van der Waals surface area contributed by atoms with Crippen molar-refractivity contribution < 1.29 is 14.9 Å². The molecule has 0 aliphatic rings. The van der Waals surface area contributed by atoms with Crippen molar-refractivity contribution in [2.24, 2.45) is 0 Å². The molecule has 2 rings (SSSR count). The van der Waals surface area contributed by atoms with Gasteiger partial charge in [0.05, 0.1) is 5.56 Å². The zero-order chi connectivity index (χ0) is 9.97. The van der Waals surface area contributed by atoms with E-state index in [0.29, 0.717) is 5.56 Å². The molecule has 0 bridgehead atoms. The third-order valence-electron chi connectivity index (χ3n) is 2.09. The van der Waals surface area contributed by atoms with E-state index in [4.69, 9.17) is 5.26 Å². The largest absolute Gasteiger partial charge is 0.373 e. The number of rotatable bonds is 1. The maximum Gasteiger partial charge on any atom is 0.373 e. The van der Waals surface area contributed by atoms with Crippen LogP contribution in [0.15, 0.2) is 42.5 Å². The molecule has 1 radical (unpaired) electrons. The molecule has 0 amide bonds. The van der Waals surface area contributed by atoms with Gasteiger partial charge in [0, 0.05) is 68.9 Å². The van der Waals surface area contributed by atoms with Crippen LogP contribution in [-0.4, -0.2) is 80.1 Å². The van der Waals surface area contributed by atoms with Crippen molar-refractivity contribution >= 4 is 85.6 Å². The van der Waals surface area contributed by atoms with E-state index in [9.17, 15) is 4.79 Å². The molecule has 0 heterocycles. The molecule has 0 saturated heterocycles. The van der Waals surface area contributed by atoms with Crippen LogP contribution in [0.5, 0.6) is 0 Å². The first-order valence-corrected chi connectivity index (χ1v) is 4.16. The van der Waals surface area contributed by atoms with Crippen LogP contribution in [0, 0.1) is 0 Å². The minimum atomic E-state index is -0.734. The van der Waals surface area contributed by atoms with Crippen LogP contribution in [-0.2, 0) is 4.89 Å². The first-order valence-electron chi connectivity index (χ1n) is 4.16. The predicted molar refractivity (Wildman–Crippen MR) is 57.7 cm³/mol. The summed E-state index contributed by atoms with van der Waals surface area (Å²) in [6.45, 7) is 0. The number of carbonyl (C=O) groups is 1. The Morgan fingerprint density at radius 1 is 1.07 bits per heavy atom. The molecule has 15 heavy (non-hydrogen) atoms. The summed E-state index contributed by atoms with van der Waals surface area (Å²) >= 11 is 0. The van der Waals surface area contributed by atoms with Gasteiger partial charge in [0.1, 0.15) is 0 Å². The van der Waals surface area contributed by atoms with Crippen molar-refractivity contribution in [2.45, 2.75) is 0 Å². The van der Waals surface area contributed by atoms with Gasteiger partial charge in [0.2, 0.25) is 0 Å². The summed E-state index contributed by atoms with van der Waals surface area (Å²) in [6.07, 6.45) is 0. The molecule has 0 fully saturated rings. The Bertz CT molecular complexity index is 477. The Labute approximate surface area is 146 Å². The summed E-state index contributed by atoms with van der Waals surface area (Å²) in [5.74, 6) is -0.734. The van der Waals surface area contributed by atoms with Crippen LogP contribution in [0.1, 0.15) is 10.4 Å². The number of carbonyl (C=O) groups excluding carboxylic acids is 1. The van der Waals surface area contributed by atoms with Gasteiger partial charge in [-0.3, -0.25) is 4.89 Å². The topological polar surface area (TPSA) is 46.5 Å². The molecule has 1 N–H and O–H groups in total. The molecule has 0 saturated carbocycles. The Hall–Kier alpha value is 0.182. The van der Waals surface area contributed by atoms with Gasteiger partial charge in [-0.2, -0.15) is 5.26 Å². The van der Waals surface area contributed by atoms with E-state index < -0.39 is 5.97 Å². The molecular formula is C11H8CsO3. The SMILES string of the molecule is O=C(OO)c1cccc2ccccc12.[Cs]. The van der Waals surface area contributed by atoms with Crippen LogP contribution in [0.2, 0.25) is 0 Å². The number of benzene rings is 2. The Morgan fingerprint density at radius 3 is 2.47 bits per heavy atom. The quantitative estimate of drug-likeness (QED) is 0.646.